The van der Waals surface area contributed by atoms with Crippen molar-refractivity contribution in [1.29, 1.82) is 0 Å². The zero-order valence-electron chi connectivity index (χ0n) is 32.1. The predicted molar refractivity (Wildman–Crippen MR) is 199 cm³/mol. The minimum absolute atomic E-state index is 0.0204. The first-order chi connectivity index (χ1) is 23.8. The molecule has 0 aromatic heterocycles. The Morgan fingerprint density at radius 3 is 1.47 bits per heavy atom. The fraction of sp³-hybridized carbons (Fsp3) is 0.512. The molecule has 0 unspecified atom stereocenters. The van der Waals surface area contributed by atoms with Crippen molar-refractivity contribution in [1.82, 2.24) is 0 Å². The van der Waals surface area contributed by atoms with Gasteiger partial charge in [-0.15, -0.1) is 0 Å². The molecule has 0 heterocycles. The standard InChI is InChI=1S/C22H28O5.C21H28O3/c1-7-8-9-10-15-14(3)18(12-17(15)23)27-21(25)19-16(22(19,4)5)11-13(2)20(24)26-6;1-7-8-9-10-15-14(4)18(12-17(15)22)24-20(23)19-16(11-13(2)3)21(19,5)6/h7-9,11,16,18-19H,1,10,12H2,2-6H3;7-9,11,16,18-19H,1,10,12H2,2-6H3/b9-8+,13-11-;9-8+/t2*16-,18+,19+/m11/s1. The zero-order valence-corrected chi connectivity index (χ0v) is 32.1. The minimum Gasteiger partial charge on any atom is -0.466 e. The fourth-order valence-corrected chi connectivity index (χ4v) is 7.25. The number of carbonyl (C=O) groups is 5. The second kappa shape index (κ2) is 16.8. The van der Waals surface area contributed by atoms with Crippen LogP contribution in [0.1, 0.15) is 88.0 Å². The first kappa shape index (κ1) is 41.1. The highest BCUT2D eigenvalue weighted by molar-refractivity contribution is 6.01. The lowest BCUT2D eigenvalue weighted by Gasteiger charge is -2.13. The number of ketones is 2. The number of rotatable bonds is 13. The van der Waals surface area contributed by atoms with Crippen LogP contribution < -0.4 is 0 Å². The molecule has 0 aromatic carbocycles. The van der Waals surface area contributed by atoms with Gasteiger partial charge in [-0.3, -0.25) is 19.2 Å². The molecule has 0 saturated heterocycles. The van der Waals surface area contributed by atoms with Crippen LogP contribution in [0.25, 0.3) is 0 Å². The quantitative estimate of drug-likeness (QED) is 0.0621. The number of esters is 3. The van der Waals surface area contributed by atoms with Gasteiger partial charge in [-0.25, -0.2) is 4.79 Å². The molecule has 6 atom stereocenters. The van der Waals surface area contributed by atoms with Gasteiger partial charge < -0.3 is 14.2 Å². The molecule has 0 aromatic rings. The lowest BCUT2D eigenvalue weighted by molar-refractivity contribution is -0.151. The summed E-state index contributed by atoms with van der Waals surface area (Å²) in [7, 11) is 1.33. The van der Waals surface area contributed by atoms with Crippen LogP contribution in [0.4, 0.5) is 0 Å². The number of Topliss-reactive ketones (excluding diaryl/α,β-unsaturated/α-hetero) is 2. The molecule has 51 heavy (non-hydrogen) atoms. The van der Waals surface area contributed by atoms with Crippen molar-refractivity contribution in [3.05, 3.63) is 95.2 Å². The highest BCUT2D eigenvalue weighted by Crippen LogP contribution is 2.61. The molecule has 0 N–H and O–H groups in total. The summed E-state index contributed by atoms with van der Waals surface area (Å²) in [6, 6.07) is 0. The van der Waals surface area contributed by atoms with Gasteiger partial charge in [-0.2, -0.15) is 0 Å². The number of allylic oxidation sites excluding steroid dienone is 11. The second-order valence-electron chi connectivity index (χ2n) is 15.4. The molecular weight excluding hydrogens is 644 g/mol. The van der Waals surface area contributed by atoms with Crippen LogP contribution in [0, 0.1) is 34.5 Å². The van der Waals surface area contributed by atoms with E-state index in [1.54, 1.807) is 31.2 Å². The van der Waals surface area contributed by atoms with E-state index in [1.165, 1.54) is 12.7 Å². The molecular formula is C43H56O8. The van der Waals surface area contributed by atoms with Gasteiger partial charge in [0.05, 0.1) is 31.8 Å². The number of hydrogen-bond donors (Lipinski definition) is 0. The lowest BCUT2D eigenvalue weighted by Crippen LogP contribution is -2.20. The summed E-state index contributed by atoms with van der Waals surface area (Å²) in [6.45, 7) is 24.9. The molecule has 2 saturated carbocycles. The normalized spacial score (nSPS) is 27.6. The predicted octanol–water partition coefficient (Wildman–Crippen LogP) is 8.27. The van der Waals surface area contributed by atoms with Gasteiger partial charge in [0.1, 0.15) is 12.2 Å². The largest absolute Gasteiger partial charge is 0.466 e. The maximum absolute atomic E-state index is 12.7. The highest BCUT2D eigenvalue weighted by Gasteiger charge is 2.63. The average molecular weight is 701 g/mol. The summed E-state index contributed by atoms with van der Waals surface area (Å²) in [5, 5.41) is 0. The van der Waals surface area contributed by atoms with Crippen LogP contribution in [-0.2, 0) is 38.2 Å². The smallest absolute Gasteiger partial charge is 0.333 e. The molecule has 4 rings (SSSR count). The van der Waals surface area contributed by atoms with E-state index >= 15 is 0 Å². The molecule has 8 nitrogen and oxygen atoms in total. The maximum atomic E-state index is 12.7. The molecule has 0 radical (unpaired) electrons. The summed E-state index contributed by atoms with van der Waals surface area (Å²) in [5.41, 5.74) is 4.52. The zero-order chi connectivity index (χ0) is 38.4. The molecule has 0 spiro atoms. The van der Waals surface area contributed by atoms with E-state index in [-0.39, 0.29) is 70.8 Å². The van der Waals surface area contributed by atoms with Gasteiger partial charge >= 0.3 is 17.9 Å². The molecule has 0 amide bonds. The highest BCUT2D eigenvalue weighted by atomic mass is 16.6. The topological polar surface area (TPSA) is 113 Å². The van der Waals surface area contributed by atoms with E-state index in [2.05, 4.69) is 33.1 Å². The third-order valence-electron chi connectivity index (χ3n) is 10.8. The van der Waals surface area contributed by atoms with Crippen LogP contribution >= 0.6 is 0 Å². The Hall–Kier alpha value is -4.33. The fourth-order valence-electron chi connectivity index (χ4n) is 7.25. The van der Waals surface area contributed by atoms with E-state index < -0.39 is 18.2 Å². The van der Waals surface area contributed by atoms with Gasteiger partial charge in [0.15, 0.2) is 11.6 Å². The van der Waals surface area contributed by atoms with Gasteiger partial charge in [0.25, 0.3) is 0 Å². The van der Waals surface area contributed by atoms with Gasteiger partial charge in [0, 0.05) is 16.7 Å². The van der Waals surface area contributed by atoms with E-state index in [1.807, 2.05) is 59.8 Å². The summed E-state index contributed by atoms with van der Waals surface area (Å²) in [6.07, 6.45) is 15.3. The Balaban J connectivity index is 0.000000277. The van der Waals surface area contributed by atoms with Gasteiger partial charge in [-0.1, -0.05) is 95.0 Å². The lowest BCUT2D eigenvalue weighted by atomic mass is 10.1. The Labute approximate surface area is 304 Å². The van der Waals surface area contributed by atoms with E-state index in [0.29, 0.717) is 24.0 Å². The van der Waals surface area contributed by atoms with Gasteiger partial charge in [0.2, 0.25) is 0 Å². The Bertz CT molecular complexity index is 1630. The Morgan fingerprint density at radius 2 is 1.12 bits per heavy atom. The molecule has 276 valence electrons. The SMILES string of the molecule is C=C/C=C/CC1=C(C)[C@@H](OC(=O)[C@@H]2[C@@H](/C=C(/C)C(=O)OC)C2(C)C)CC1=O.C=C/C=C/CC1=C(C)[C@@H](OC(=O)[C@@H]2[C@@H](C=C(C)C)C2(C)C)CC1=O. The molecule has 8 heteroatoms. The summed E-state index contributed by atoms with van der Waals surface area (Å²) in [4.78, 5) is 61.3. The monoisotopic (exact) mass is 700 g/mol. The van der Waals surface area contributed by atoms with Crippen LogP contribution in [-0.4, -0.2) is 48.8 Å². The average Bonchev–Trinajstić information content (AvgIpc) is 3.70. The van der Waals surface area contributed by atoms with Crippen molar-refractivity contribution >= 4 is 29.5 Å². The third kappa shape index (κ3) is 9.52. The van der Waals surface area contributed by atoms with Crippen molar-refractivity contribution < 1.29 is 38.2 Å². The number of carbonyl (C=O) groups excluding carboxylic acids is 5. The van der Waals surface area contributed by atoms with Crippen LogP contribution in [0.15, 0.2) is 95.2 Å². The van der Waals surface area contributed by atoms with Crippen LogP contribution in [0.5, 0.6) is 0 Å². The molecule has 4 aliphatic carbocycles. The van der Waals surface area contributed by atoms with Crippen molar-refractivity contribution in [3.63, 3.8) is 0 Å². The minimum atomic E-state index is -0.500. The number of hydrogen-bond acceptors (Lipinski definition) is 8. The van der Waals surface area contributed by atoms with E-state index in [0.717, 1.165) is 16.7 Å². The molecule has 0 aliphatic heterocycles. The van der Waals surface area contributed by atoms with Crippen molar-refractivity contribution in [2.45, 2.75) is 100 Å². The number of ether oxygens (including phenoxy) is 3. The summed E-state index contributed by atoms with van der Waals surface area (Å²) < 4.78 is 16.1. The first-order valence-corrected chi connectivity index (χ1v) is 17.7. The summed E-state index contributed by atoms with van der Waals surface area (Å²) in [5.74, 6) is -1.10. The van der Waals surface area contributed by atoms with Gasteiger partial charge in [-0.05, 0) is 81.3 Å². The van der Waals surface area contributed by atoms with Crippen molar-refractivity contribution in [2.24, 2.45) is 34.5 Å². The summed E-state index contributed by atoms with van der Waals surface area (Å²) >= 11 is 0. The van der Waals surface area contributed by atoms with E-state index in [9.17, 15) is 24.0 Å². The molecule has 0 bridgehead atoms. The Kier molecular flexibility index (Phi) is 13.5. The molecule has 2 fully saturated rings. The van der Waals surface area contributed by atoms with Crippen LogP contribution in [0.3, 0.4) is 0 Å². The number of methoxy groups -OCH3 is 1. The molecule has 4 aliphatic rings. The second-order valence-corrected chi connectivity index (χ2v) is 15.4. The van der Waals surface area contributed by atoms with Crippen molar-refractivity contribution in [2.75, 3.05) is 7.11 Å². The first-order valence-electron chi connectivity index (χ1n) is 17.7. The van der Waals surface area contributed by atoms with Crippen molar-refractivity contribution in [3.8, 4) is 0 Å². The third-order valence-corrected chi connectivity index (χ3v) is 10.8. The van der Waals surface area contributed by atoms with Crippen LogP contribution in [0.2, 0.25) is 0 Å². The Morgan fingerprint density at radius 1 is 0.725 bits per heavy atom. The maximum Gasteiger partial charge on any atom is 0.333 e. The van der Waals surface area contributed by atoms with E-state index in [4.69, 9.17) is 14.2 Å².